The molecule has 0 heterocycles. The topological polar surface area (TPSA) is 26.3 Å². The minimum absolute atomic E-state index is 0.148. The van der Waals surface area contributed by atoms with Crippen LogP contribution in [-0.2, 0) is 0 Å². The van der Waals surface area contributed by atoms with Crippen molar-refractivity contribution in [3.8, 4) is 17.6 Å². The van der Waals surface area contributed by atoms with Crippen LogP contribution in [0.15, 0.2) is 66.9 Å². The monoisotopic (exact) mass is 274 g/mol. The second kappa shape index (κ2) is 6.96. The number of carbonyl (C=O) groups is 1. The van der Waals surface area contributed by atoms with E-state index in [-0.39, 0.29) is 5.78 Å². The molecule has 0 spiro atoms. The highest BCUT2D eigenvalue weighted by Gasteiger charge is 2.05. The van der Waals surface area contributed by atoms with Crippen molar-refractivity contribution in [3.05, 3.63) is 83.6 Å². The van der Waals surface area contributed by atoms with Crippen molar-refractivity contribution in [2.45, 2.75) is 0 Å². The van der Waals surface area contributed by atoms with Gasteiger partial charge in [-0.15, -0.1) is 5.73 Å². The molecule has 0 fully saturated rings. The van der Waals surface area contributed by atoms with Gasteiger partial charge in [0.2, 0.25) is 0 Å². The van der Waals surface area contributed by atoms with Gasteiger partial charge >= 0.3 is 0 Å². The highest BCUT2D eigenvalue weighted by atomic mass is 16.5. The van der Waals surface area contributed by atoms with E-state index < -0.39 is 0 Å². The zero-order valence-corrected chi connectivity index (χ0v) is 11.7. The van der Waals surface area contributed by atoms with E-state index in [9.17, 15) is 4.79 Å². The molecular formula is C19H14O2. The summed E-state index contributed by atoms with van der Waals surface area (Å²) in [6, 6.07) is 14.7. The first kappa shape index (κ1) is 14.4. The number of methoxy groups -OCH3 is 1. The minimum atomic E-state index is -0.148. The molecule has 0 aliphatic heterocycles. The summed E-state index contributed by atoms with van der Waals surface area (Å²) in [7, 11) is 1.62. The fourth-order valence-corrected chi connectivity index (χ4v) is 1.79. The highest BCUT2D eigenvalue weighted by Crippen LogP contribution is 2.12. The van der Waals surface area contributed by atoms with E-state index >= 15 is 0 Å². The largest absolute Gasteiger partial charge is 0.497 e. The van der Waals surface area contributed by atoms with E-state index in [1.54, 1.807) is 13.2 Å². The van der Waals surface area contributed by atoms with Gasteiger partial charge in [0.15, 0.2) is 5.78 Å². The van der Waals surface area contributed by atoms with E-state index in [0.29, 0.717) is 11.1 Å². The molecule has 0 radical (unpaired) electrons. The van der Waals surface area contributed by atoms with Crippen LogP contribution in [-0.4, -0.2) is 12.9 Å². The Kier molecular flexibility index (Phi) is 4.77. The zero-order chi connectivity index (χ0) is 15.1. The Morgan fingerprint density at radius 3 is 2.48 bits per heavy atom. The Hall–Kier alpha value is -3.01. The van der Waals surface area contributed by atoms with Crippen molar-refractivity contribution in [2.75, 3.05) is 7.11 Å². The van der Waals surface area contributed by atoms with Crippen molar-refractivity contribution in [2.24, 2.45) is 0 Å². The Morgan fingerprint density at radius 2 is 1.81 bits per heavy atom. The van der Waals surface area contributed by atoms with Gasteiger partial charge in [0.1, 0.15) is 5.75 Å². The Morgan fingerprint density at radius 1 is 1.10 bits per heavy atom. The second-order valence-electron chi connectivity index (χ2n) is 4.24. The molecule has 2 aromatic rings. The molecule has 0 aromatic heterocycles. The number of ketones is 1. The van der Waals surface area contributed by atoms with Gasteiger partial charge in [-0.1, -0.05) is 30.6 Å². The number of hydrogen-bond acceptors (Lipinski definition) is 2. The minimum Gasteiger partial charge on any atom is -0.497 e. The number of hydrogen-bond donors (Lipinski definition) is 0. The average Bonchev–Trinajstić information content (AvgIpc) is 2.54. The molecule has 0 unspecified atom stereocenters. The Bertz CT molecular complexity index is 752. The van der Waals surface area contributed by atoms with Crippen molar-refractivity contribution < 1.29 is 9.53 Å². The van der Waals surface area contributed by atoms with Gasteiger partial charge in [0, 0.05) is 22.8 Å². The highest BCUT2D eigenvalue weighted by molar-refractivity contribution is 6.06. The lowest BCUT2D eigenvalue weighted by molar-refractivity contribution is 0.104. The quantitative estimate of drug-likeness (QED) is 0.370. The number of benzene rings is 2. The van der Waals surface area contributed by atoms with E-state index in [2.05, 4.69) is 24.2 Å². The molecule has 2 aromatic carbocycles. The molecule has 0 saturated carbocycles. The van der Waals surface area contributed by atoms with Gasteiger partial charge in [-0.3, -0.25) is 4.79 Å². The van der Waals surface area contributed by atoms with Crippen LogP contribution < -0.4 is 4.74 Å². The number of rotatable bonds is 3. The smallest absolute Gasteiger partial charge is 0.194 e. The maximum Gasteiger partial charge on any atom is 0.194 e. The van der Waals surface area contributed by atoms with Crippen LogP contribution in [0.2, 0.25) is 0 Å². The molecule has 102 valence electrons. The van der Waals surface area contributed by atoms with Crippen LogP contribution in [0.1, 0.15) is 21.5 Å². The van der Waals surface area contributed by atoms with Crippen LogP contribution in [0.25, 0.3) is 0 Å². The van der Waals surface area contributed by atoms with Crippen molar-refractivity contribution >= 4 is 5.78 Å². The third kappa shape index (κ3) is 3.73. The van der Waals surface area contributed by atoms with Crippen molar-refractivity contribution in [3.63, 3.8) is 0 Å². The van der Waals surface area contributed by atoms with Crippen LogP contribution in [0, 0.1) is 11.8 Å². The summed E-state index contributed by atoms with van der Waals surface area (Å²) in [5, 5.41) is 0. The predicted octanol–water partition coefficient (Wildman–Crippen LogP) is 3.62. The van der Waals surface area contributed by atoms with Crippen LogP contribution in [0.3, 0.4) is 0 Å². The van der Waals surface area contributed by atoms with E-state index in [1.807, 2.05) is 42.5 Å². The Labute approximate surface area is 124 Å². The van der Waals surface area contributed by atoms with Crippen LogP contribution >= 0.6 is 0 Å². The summed E-state index contributed by atoms with van der Waals surface area (Å²) in [6.07, 6.45) is 1.31. The average molecular weight is 274 g/mol. The van der Waals surface area contributed by atoms with Gasteiger partial charge in [0.25, 0.3) is 0 Å². The number of ether oxygens (including phenoxy) is 1. The van der Waals surface area contributed by atoms with Gasteiger partial charge in [-0.05, 0) is 36.4 Å². The molecule has 0 aliphatic carbocycles. The fraction of sp³-hybridized carbons (Fsp3) is 0.0526. The third-order valence-corrected chi connectivity index (χ3v) is 2.86. The van der Waals surface area contributed by atoms with Crippen LogP contribution in [0.5, 0.6) is 5.75 Å². The second-order valence-corrected chi connectivity index (χ2v) is 4.24. The first-order valence-corrected chi connectivity index (χ1v) is 6.40. The van der Waals surface area contributed by atoms with Crippen molar-refractivity contribution in [1.29, 1.82) is 0 Å². The Balaban J connectivity index is 2.33. The molecule has 0 bridgehead atoms. The molecule has 2 heteroatoms. The summed E-state index contributed by atoms with van der Waals surface area (Å²) in [5.41, 5.74) is 4.59. The lowest BCUT2D eigenvalue weighted by Gasteiger charge is -1.99. The third-order valence-electron chi connectivity index (χ3n) is 2.86. The van der Waals surface area contributed by atoms with E-state index in [1.165, 1.54) is 6.08 Å². The number of allylic oxidation sites excluding steroid dienone is 1. The standard InChI is InChI=1S/C19H14O2/c1-3-6-19(20)18-8-5-4-7-16(18)12-9-15-10-13-17(21-2)14-11-15/h4-8,10-11,13-14H,1H2,2H3. The van der Waals surface area contributed by atoms with Crippen LogP contribution in [0.4, 0.5) is 0 Å². The van der Waals surface area contributed by atoms with Gasteiger partial charge in [0.05, 0.1) is 7.11 Å². The number of carbonyl (C=O) groups excluding carboxylic acids is 1. The summed E-state index contributed by atoms with van der Waals surface area (Å²) >= 11 is 0. The van der Waals surface area contributed by atoms with E-state index in [4.69, 9.17) is 4.74 Å². The van der Waals surface area contributed by atoms with Crippen molar-refractivity contribution in [1.82, 2.24) is 0 Å². The molecule has 0 amide bonds. The van der Waals surface area contributed by atoms with Gasteiger partial charge in [-0.2, -0.15) is 0 Å². The molecule has 0 N–H and O–H groups in total. The molecule has 0 aliphatic rings. The van der Waals surface area contributed by atoms with E-state index in [0.717, 1.165) is 11.3 Å². The summed E-state index contributed by atoms with van der Waals surface area (Å²) in [6.45, 7) is 3.42. The zero-order valence-electron chi connectivity index (χ0n) is 11.7. The lowest BCUT2D eigenvalue weighted by atomic mass is 10.0. The molecule has 21 heavy (non-hydrogen) atoms. The molecule has 0 atom stereocenters. The summed E-state index contributed by atoms with van der Waals surface area (Å²) in [4.78, 5) is 11.9. The molecule has 2 nitrogen and oxygen atoms in total. The normalized spacial score (nSPS) is 9.00. The molecule has 0 saturated heterocycles. The lowest BCUT2D eigenvalue weighted by Crippen LogP contribution is -1.97. The summed E-state index contributed by atoms with van der Waals surface area (Å²) in [5.74, 6) is 6.70. The van der Waals surface area contributed by atoms with Gasteiger partial charge < -0.3 is 4.74 Å². The molecular weight excluding hydrogens is 260 g/mol. The SMILES string of the molecule is C=C=CC(=O)c1ccccc1C#Cc1ccc(OC)cc1. The predicted molar refractivity (Wildman–Crippen MR) is 83.5 cm³/mol. The summed E-state index contributed by atoms with van der Waals surface area (Å²) < 4.78 is 5.10. The first-order valence-electron chi connectivity index (χ1n) is 6.40. The van der Waals surface area contributed by atoms with Gasteiger partial charge in [-0.25, -0.2) is 0 Å². The molecule has 2 rings (SSSR count). The first-order chi connectivity index (χ1) is 10.2. The maximum absolute atomic E-state index is 11.9. The fourth-order valence-electron chi connectivity index (χ4n) is 1.79. The maximum atomic E-state index is 11.9.